The van der Waals surface area contributed by atoms with Crippen molar-refractivity contribution in [3.63, 3.8) is 0 Å². The summed E-state index contributed by atoms with van der Waals surface area (Å²) in [7, 11) is 0. The second kappa shape index (κ2) is 8.17. The van der Waals surface area contributed by atoms with E-state index in [1.54, 1.807) is 6.07 Å². The fraction of sp³-hybridized carbons (Fsp3) is 0.0870. The molecule has 3 aromatic carbocycles. The van der Waals surface area contributed by atoms with Crippen LogP contribution in [0.5, 0.6) is 0 Å². The summed E-state index contributed by atoms with van der Waals surface area (Å²) in [5.41, 5.74) is 3.75. The van der Waals surface area contributed by atoms with E-state index in [-0.39, 0.29) is 11.9 Å². The second-order valence-electron chi connectivity index (χ2n) is 6.57. The van der Waals surface area contributed by atoms with Crippen LogP contribution in [0.15, 0.2) is 84.0 Å². The van der Waals surface area contributed by atoms with Crippen molar-refractivity contribution < 1.29 is 4.39 Å². The predicted molar refractivity (Wildman–Crippen MR) is 116 cm³/mol. The molecular formula is C23H17Cl2FN2. The van der Waals surface area contributed by atoms with Crippen molar-refractivity contribution >= 4 is 40.7 Å². The van der Waals surface area contributed by atoms with E-state index in [1.165, 1.54) is 12.1 Å². The Morgan fingerprint density at radius 2 is 1.57 bits per heavy atom. The van der Waals surface area contributed by atoms with E-state index in [2.05, 4.69) is 0 Å². The highest BCUT2D eigenvalue weighted by atomic mass is 35.5. The third-order valence-corrected chi connectivity index (χ3v) is 5.10. The summed E-state index contributed by atoms with van der Waals surface area (Å²) >= 11 is 12.0. The first-order valence-electron chi connectivity index (χ1n) is 8.90. The summed E-state index contributed by atoms with van der Waals surface area (Å²) in [5, 5.41) is 8.01. The molecule has 4 rings (SSSR count). The van der Waals surface area contributed by atoms with E-state index in [1.807, 2.05) is 71.8 Å². The molecule has 0 spiro atoms. The molecule has 1 atom stereocenters. The van der Waals surface area contributed by atoms with Crippen LogP contribution in [0.1, 0.15) is 23.6 Å². The monoisotopic (exact) mass is 410 g/mol. The van der Waals surface area contributed by atoms with Crippen LogP contribution in [0.25, 0.3) is 6.08 Å². The standard InChI is InChI=1S/C23H17Cl2FN2/c24-18-9-4-16(5-10-18)6-13-21-15-23(17-7-11-19(25)12-8-17)28(27-21)22-3-1-2-20(26)14-22/h1-14,23H,15H2/b13-6-/t23-/m0/s1. The van der Waals surface area contributed by atoms with Crippen LogP contribution in [-0.2, 0) is 0 Å². The Balaban J connectivity index is 1.65. The second-order valence-corrected chi connectivity index (χ2v) is 7.45. The quantitative estimate of drug-likeness (QED) is 0.445. The Morgan fingerprint density at radius 1 is 0.893 bits per heavy atom. The molecule has 2 nitrogen and oxygen atoms in total. The molecule has 0 radical (unpaired) electrons. The minimum Gasteiger partial charge on any atom is -0.257 e. The highest BCUT2D eigenvalue weighted by Gasteiger charge is 2.28. The third kappa shape index (κ3) is 4.27. The molecule has 0 N–H and O–H groups in total. The summed E-state index contributed by atoms with van der Waals surface area (Å²) < 4.78 is 13.8. The van der Waals surface area contributed by atoms with Gasteiger partial charge in [0, 0.05) is 16.5 Å². The van der Waals surface area contributed by atoms with Gasteiger partial charge in [0.2, 0.25) is 0 Å². The zero-order chi connectivity index (χ0) is 19.5. The lowest BCUT2D eigenvalue weighted by atomic mass is 10.0. The normalized spacial score (nSPS) is 16.6. The minimum absolute atomic E-state index is 0.0241. The molecule has 0 unspecified atom stereocenters. The Bertz CT molecular complexity index is 1030. The number of allylic oxidation sites excluding steroid dienone is 1. The van der Waals surface area contributed by atoms with Gasteiger partial charge in [-0.3, -0.25) is 5.01 Å². The average Bonchev–Trinajstić information content (AvgIpc) is 3.12. The first-order valence-corrected chi connectivity index (χ1v) is 9.65. The molecule has 0 bridgehead atoms. The molecule has 0 saturated carbocycles. The van der Waals surface area contributed by atoms with Gasteiger partial charge in [-0.05, 0) is 59.7 Å². The first kappa shape index (κ1) is 18.7. The third-order valence-electron chi connectivity index (χ3n) is 4.60. The summed E-state index contributed by atoms with van der Waals surface area (Å²) in [6.07, 6.45) is 4.71. The number of anilines is 1. The van der Waals surface area contributed by atoms with Crippen molar-refractivity contribution in [1.82, 2.24) is 0 Å². The molecule has 3 aromatic rings. The maximum absolute atomic E-state index is 13.8. The topological polar surface area (TPSA) is 15.6 Å². The van der Waals surface area contributed by atoms with Gasteiger partial charge >= 0.3 is 0 Å². The smallest absolute Gasteiger partial charge is 0.125 e. The highest BCUT2D eigenvalue weighted by Crippen LogP contribution is 2.36. The number of benzene rings is 3. The first-order chi connectivity index (χ1) is 13.6. The van der Waals surface area contributed by atoms with Crippen LogP contribution in [0.2, 0.25) is 10.0 Å². The van der Waals surface area contributed by atoms with Crippen LogP contribution in [0.4, 0.5) is 10.1 Å². The van der Waals surface area contributed by atoms with Gasteiger partial charge in [0.15, 0.2) is 0 Å². The van der Waals surface area contributed by atoms with Crippen molar-refractivity contribution in [2.24, 2.45) is 5.10 Å². The summed E-state index contributed by atoms with van der Waals surface area (Å²) in [6.45, 7) is 0. The van der Waals surface area contributed by atoms with Crippen LogP contribution in [0, 0.1) is 5.82 Å². The van der Waals surface area contributed by atoms with Gasteiger partial charge in [-0.2, -0.15) is 5.10 Å². The maximum atomic E-state index is 13.8. The van der Waals surface area contributed by atoms with Gasteiger partial charge in [0.25, 0.3) is 0 Å². The molecule has 0 amide bonds. The minimum atomic E-state index is -0.285. The van der Waals surface area contributed by atoms with Crippen molar-refractivity contribution in [2.45, 2.75) is 12.5 Å². The zero-order valence-electron chi connectivity index (χ0n) is 14.9. The Kier molecular flexibility index (Phi) is 5.47. The highest BCUT2D eigenvalue weighted by molar-refractivity contribution is 6.30. The van der Waals surface area contributed by atoms with Crippen molar-refractivity contribution in [3.8, 4) is 0 Å². The number of hydrogen-bond donors (Lipinski definition) is 0. The average molecular weight is 411 g/mol. The van der Waals surface area contributed by atoms with Gasteiger partial charge in [-0.15, -0.1) is 0 Å². The molecule has 5 heteroatoms. The van der Waals surface area contributed by atoms with Crippen molar-refractivity contribution in [3.05, 3.63) is 106 Å². The number of nitrogens with zero attached hydrogens (tertiary/aromatic N) is 2. The van der Waals surface area contributed by atoms with E-state index in [4.69, 9.17) is 28.3 Å². The van der Waals surface area contributed by atoms with Gasteiger partial charge < -0.3 is 0 Å². The lowest BCUT2D eigenvalue weighted by Crippen LogP contribution is -2.18. The molecule has 140 valence electrons. The van der Waals surface area contributed by atoms with Crippen molar-refractivity contribution in [1.29, 1.82) is 0 Å². The van der Waals surface area contributed by atoms with Crippen LogP contribution in [-0.4, -0.2) is 5.71 Å². The Labute approximate surface area is 173 Å². The number of hydrazone groups is 1. The fourth-order valence-electron chi connectivity index (χ4n) is 3.20. The Morgan fingerprint density at radius 3 is 2.25 bits per heavy atom. The Hall–Kier alpha value is -2.62. The predicted octanol–water partition coefficient (Wildman–Crippen LogP) is 7.15. The molecular weight excluding hydrogens is 394 g/mol. The van der Waals surface area contributed by atoms with Gasteiger partial charge in [0.1, 0.15) is 5.82 Å². The molecule has 0 fully saturated rings. The maximum Gasteiger partial charge on any atom is 0.125 e. The van der Waals surface area contributed by atoms with Crippen LogP contribution < -0.4 is 5.01 Å². The van der Waals surface area contributed by atoms with E-state index in [0.717, 1.165) is 22.5 Å². The van der Waals surface area contributed by atoms with E-state index >= 15 is 0 Å². The molecule has 0 saturated heterocycles. The van der Waals surface area contributed by atoms with E-state index in [9.17, 15) is 4.39 Å². The lowest BCUT2D eigenvalue weighted by Gasteiger charge is -2.24. The van der Waals surface area contributed by atoms with Gasteiger partial charge in [0.05, 0.1) is 17.4 Å². The molecule has 1 aliphatic rings. The summed E-state index contributed by atoms with van der Waals surface area (Å²) in [4.78, 5) is 0. The fourth-order valence-corrected chi connectivity index (χ4v) is 3.45. The zero-order valence-corrected chi connectivity index (χ0v) is 16.4. The SMILES string of the molecule is Fc1cccc(N2N=C(/C=C\c3ccc(Cl)cc3)C[C@H]2c2ccc(Cl)cc2)c1. The molecule has 1 aliphatic heterocycles. The molecule has 28 heavy (non-hydrogen) atoms. The molecule has 0 aliphatic carbocycles. The summed E-state index contributed by atoms with van der Waals surface area (Å²) in [5.74, 6) is -0.285. The number of rotatable bonds is 4. The van der Waals surface area contributed by atoms with Crippen LogP contribution in [0.3, 0.4) is 0 Å². The largest absolute Gasteiger partial charge is 0.257 e. The number of hydrogen-bond acceptors (Lipinski definition) is 2. The lowest BCUT2D eigenvalue weighted by molar-refractivity contribution is 0.624. The van der Waals surface area contributed by atoms with Gasteiger partial charge in [-0.25, -0.2) is 4.39 Å². The van der Waals surface area contributed by atoms with Gasteiger partial charge in [-0.1, -0.05) is 59.6 Å². The van der Waals surface area contributed by atoms with Crippen molar-refractivity contribution in [2.75, 3.05) is 5.01 Å². The molecule has 1 heterocycles. The summed E-state index contributed by atoms with van der Waals surface area (Å²) in [6, 6.07) is 21.8. The van der Waals surface area contributed by atoms with E-state index in [0.29, 0.717) is 16.5 Å². The number of halogens is 3. The molecule has 0 aromatic heterocycles. The van der Waals surface area contributed by atoms with E-state index < -0.39 is 0 Å². The van der Waals surface area contributed by atoms with Crippen LogP contribution >= 0.6 is 23.2 Å².